The van der Waals surface area contributed by atoms with Gasteiger partial charge in [0.25, 0.3) is 0 Å². The average Bonchev–Trinajstić information content (AvgIpc) is 2.34. The number of carbonyl (C=O) groups is 1. The van der Waals surface area contributed by atoms with Gasteiger partial charge in [0.05, 0.1) is 5.92 Å². The van der Waals surface area contributed by atoms with Gasteiger partial charge in [0.15, 0.2) is 0 Å². The zero-order valence-electron chi connectivity index (χ0n) is 14.1. The van der Waals surface area contributed by atoms with Crippen LogP contribution in [0.2, 0.25) is 0 Å². The van der Waals surface area contributed by atoms with Crippen LogP contribution in [-0.4, -0.2) is 12.1 Å². The van der Waals surface area contributed by atoms with Gasteiger partial charge in [-0.1, -0.05) is 50.6 Å². The lowest BCUT2D eigenvalue weighted by molar-refractivity contribution is -0.158. The van der Waals surface area contributed by atoms with Crippen molar-refractivity contribution in [1.29, 1.82) is 0 Å². The van der Waals surface area contributed by atoms with E-state index in [1.807, 2.05) is 45.9 Å². The standard InChI is InChI=1S/C18H30O2/c1-9-11-18(8,10-2)16(15(7)12-13(3)4)20-17(19)14(5)6/h9-12,14-16H,2H2,1,3-8H3. The van der Waals surface area contributed by atoms with Crippen molar-refractivity contribution in [3.63, 3.8) is 0 Å². The SMILES string of the molecule is C=CC(C)(C=CC)C(OC(=O)C(C)C)C(C)C=C(C)C. The molecule has 0 radical (unpaired) electrons. The molecule has 0 aromatic rings. The Kier molecular flexibility index (Phi) is 7.55. The van der Waals surface area contributed by atoms with E-state index in [-0.39, 0.29) is 29.3 Å². The molecule has 2 heteroatoms. The molecule has 0 aliphatic carbocycles. The van der Waals surface area contributed by atoms with Crippen molar-refractivity contribution in [2.45, 2.75) is 54.6 Å². The highest BCUT2D eigenvalue weighted by molar-refractivity contribution is 5.71. The van der Waals surface area contributed by atoms with E-state index in [0.29, 0.717) is 0 Å². The lowest BCUT2D eigenvalue weighted by atomic mass is 9.77. The Labute approximate surface area is 124 Å². The largest absolute Gasteiger partial charge is 0.460 e. The molecular formula is C18H30O2. The van der Waals surface area contributed by atoms with Gasteiger partial charge in [-0.05, 0) is 27.7 Å². The van der Waals surface area contributed by atoms with Crippen LogP contribution < -0.4 is 0 Å². The van der Waals surface area contributed by atoms with Crippen LogP contribution in [0.25, 0.3) is 0 Å². The fourth-order valence-electron chi connectivity index (χ4n) is 2.31. The maximum Gasteiger partial charge on any atom is 0.308 e. The van der Waals surface area contributed by atoms with Crippen molar-refractivity contribution >= 4 is 5.97 Å². The second kappa shape index (κ2) is 8.08. The van der Waals surface area contributed by atoms with Gasteiger partial charge < -0.3 is 4.74 Å². The minimum absolute atomic E-state index is 0.127. The zero-order valence-corrected chi connectivity index (χ0v) is 14.1. The van der Waals surface area contributed by atoms with E-state index in [1.165, 1.54) is 5.57 Å². The highest BCUT2D eigenvalue weighted by Crippen LogP contribution is 2.34. The van der Waals surface area contributed by atoms with Gasteiger partial charge in [-0.2, -0.15) is 0 Å². The highest BCUT2D eigenvalue weighted by Gasteiger charge is 2.36. The summed E-state index contributed by atoms with van der Waals surface area (Å²) < 4.78 is 5.78. The molecule has 114 valence electrons. The monoisotopic (exact) mass is 278 g/mol. The molecule has 3 unspecified atom stereocenters. The third-order valence-electron chi connectivity index (χ3n) is 3.37. The number of hydrogen-bond acceptors (Lipinski definition) is 2. The molecular weight excluding hydrogens is 248 g/mol. The van der Waals surface area contributed by atoms with Gasteiger partial charge in [-0.25, -0.2) is 0 Å². The van der Waals surface area contributed by atoms with Gasteiger partial charge >= 0.3 is 5.97 Å². The van der Waals surface area contributed by atoms with Gasteiger partial charge in [0.2, 0.25) is 0 Å². The Balaban J connectivity index is 5.50. The van der Waals surface area contributed by atoms with Crippen molar-refractivity contribution < 1.29 is 9.53 Å². The van der Waals surface area contributed by atoms with Crippen LogP contribution in [0.1, 0.15) is 48.5 Å². The summed E-state index contributed by atoms with van der Waals surface area (Å²) >= 11 is 0. The summed E-state index contributed by atoms with van der Waals surface area (Å²) in [6.45, 7) is 17.8. The number of allylic oxidation sites excluding steroid dienone is 2. The fourth-order valence-corrected chi connectivity index (χ4v) is 2.31. The Bertz CT molecular complexity index is 386. The Morgan fingerprint density at radius 3 is 2.15 bits per heavy atom. The van der Waals surface area contributed by atoms with E-state index in [9.17, 15) is 4.79 Å². The quantitative estimate of drug-likeness (QED) is 0.488. The third-order valence-corrected chi connectivity index (χ3v) is 3.37. The first-order chi connectivity index (χ1) is 9.17. The number of ether oxygens (including phenoxy) is 1. The van der Waals surface area contributed by atoms with E-state index in [1.54, 1.807) is 0 Å². The predicted molar refractivity (Wildman–Crippen MR) is 86.4 cm³/mol. The van der Waals surface area contributed by atoms with Crippen LogP contribution in [-0.2, 0) is 9.53 Å². The maximum atomic E-state index is 12.0. The van der Waals surface area contributed by atoms with Crippen LogP contribution >= 0.6 is 0 Å². The van der Waals surface area contributed by atoms with Crippen molar-refractivity contribution in [2.24, 2.45) is 17.3 Å². The Morgan fingerprint density at radius 1 is 1.25 bits per heavy atom. The highest BCUT2D eigenvalue weighted by atomic mass is 16.5. The van der Waals surface area contributed by atoms with Crippen LogP contribution in [0.15, 0.2) is 36.5 Å². The summed E-state index contributed by atoms with van der Waals surface area (Å²) in [6.07, 6.45) is 7.78. The van der Waals surface area contributed by atoms with E-state index in [0.717, 1.165) is 0 Å². The van der Waals surface area contributed by atoms with Crippen LogP contribution in [0.5, 0.6) is 0 Å². The Hall–Kier alpha value is -1.31. The zero-order chi connectivity index (χ0) is 15.9. The van der Waals surface area contributed by atoms with E-state index in [4.69, 9.17) is 4.74 Å². The van der Waals surface area contributed by atoms with Gasteiger partial charge in [-0.15, -0.1) is 6.58 Å². The summed E-state index contributed by atoms with van der Waals surface area (Å²) in [5.74, 6) is -0.167. The number of hydrogen-bond donors (Lipinski definition) is 0. The molecule has 2 nitrogen and oxygen atoms in total. The van der Waals surface area contributed by atoms with Crippen molar-refractivity contribution in [3.8, 4) is 0 Å². The van der Waals surface area contributed by atoms with E-state index in [2.05, 4.69) is 33.4 Å². The lowest BCUT2D eigenvalue weighted by Gasteiger charge is -2.36. The molecule has 20 heavy (non-hydrogen) atoms. The summed E-state index contributed by atoms with van der Waals surface area (Å²) in [5.41, 5.74) is 0.847. The predicted octanol–water partition coefficient (Wildman–Crippen LogP) is 4.92. The summed E-state index contributed by atoms with van der Waals surface area (Å²) in [7, 11) is 0. The molecule has 0 spiro atoms. The Morgan fingerprint density at radius 2 is 1.80 bits per heavy atom. The van der Waals surface area contributed by atoms with Crippen LogP contribution in [0.3, 0.4) is 0 Å². The second-order valence-electron chi connectivity index (χ2n) is 6.19. The molecule has 0 fully saturated rings. The van der Waals surface area contributed by atoms with Crippen molar-refractivity contribution in [1.82, 2.24) is 0 Å². The number of rotatable bonds is 7. The molecule has 0 N–H and O–H groups in total. The molecule has 0 aliphatic rings. The number of carbonyl (C=O) groups excluding carboxylic acids is 1. The molecule has 0 rings (SSSR count). The number of esters is 1. The lowest BCUT2D eigenvalue weighted by Crippen LogP contribution is -2.39. The van der Waals surface area contributed by atoms with Crippen molar-refractivity contribution in [3.05, 3.63) is 36.5 Å². The molecule has 0 heterocycles. The molecule has 0 aromatic carbocycles. The first-order valence-corrected chi connectivity index (χ1v) is 7.30. The normalized spacial score (nSPS) is 17.4. The van der Waals surface area contributed by atoms with Crippen molar-refractivity contribution in [2.75, 3.05) is 0 Å². The second-order valence-corrected chi connectivity index (χ2v) is 6.19. The minimum atomic E-state index is -0.370. The molecule has 0 aromatic heterocycles. The summed E-state index contributed by atoms with van der Waals surface area (Å²) in [5, 5.41) is 0. The van der Waals surface area contributed by atoms with E-state index < -0.39 is 0 Å². The average molecular weight is 278 g/mol. The summed E-state index contributed by atoms with van der Waals surface area (Å²) in [4.78, 5) is 12.0. The molecule has 0 saturated carbocycles. The van der Waals surface area contributed by atoms with E-state index >= 15 is 0 Å². The minimum Gasteiger partial charge on any atom is -0.460 e. The first-order valence-electron chi connectivity index (χ1n) is 7.30. The topological polar surface area (TPSA) is 26.3 Å². The summed E-state index contributed by atoms with van der Waals surface area (Å²) in [6, 6.07) is 0. The van der Waals surface area contributed by atoms with Gasteiger partial charge in [0.1, 0.15) is 6.10 Å². The molecule has 0 amide bonds. The molecule has 0 saturated heterocycles. The third kappa shape index (κ3) is 5.36. The maximum absolute atomic E-state index is 12.0. The van der Waals surface area contributed by atoms with Crippen LogP contribution in [0.4, 0.5) is 0 Å². The van der Waals surface area contributed by atoms with Gasteiger partial charge in [0, 0.05) is 11.3 Å². The smallest absolute Gasteiger partial charge is 0.308 e. The first kappa shape index (κ1) is 18.7. The van der Waals surface area contributed by atoms with Crippen LogP contribution in [0, 0.1) is 17.3 Å². The molecule has 3 atom stereocenters. The fraction of sp³-hybridized carbons (Fsp3) is 0.611. The molecule has 0 aliphatic heterocycles. The van der Waals surface area contributed by atoms with Gasteiger partial charge in [-0.3, -0.25) is 4.79 Å². The molecule has 0 bridgehead atoms.